The minimum atomic E-state index is -0.189. The summed E-state index contributed by atoms with van der Waals surface area (Å²) < 4.78 is 12.6. The molecule has 4 rings (SSSR count). The number of aryl methyl sites for hydroxylation is 1. The summed E-state index contributed by atoms with van der Waals surface area (Å²) in [5.74, 6) is 1.36. The van der Waals surface area contributed by atoms with Gasteiger partial charge in [0.25, 0.3) is 0 Å². The number of benzene rings is 2. The number of thiazole rings is 1. The van der Waals surface area contributed by atoms with E-state index in [1.807, 2.05) is 49.4 Å². The van der Waals surface area contributed by atoms with Crippen LogP contribution in [0.2, 0.25) is 0 Å². The molecule has 0 fully saturated rings. The van der Waals surface area contributed by atoms with Crippen molar-refractivity contribution in [3.63, 3.8) is 0 Å². The molecule has 2 N–H and O–H groups in total. The van der Waals surface area contributed by atoms with Gasteiger partial charge in [0, 0.05) is 5.69 Å². The Kier molecular flexibility index (Phi) is 4.62. The van der Waals surface area contributed by atoms with E-state index in [9.17, 15) is 4.79 Å². The molecule has 0 spiro atoms. The Morgan fingerprint density at radius 2 is 2.12 bits per heavy atom. The highest BCUT2D eigenvalue weighted by Gasteiger charge is 2.20. The molecule has 3 aromatic rings. The van der Waals surface area contributed by atoms with Gasteiger partial charge in [-0.25, -0.2) is 4.98 Å². The SMILES string of the molecule is Cc1nc2ccc(NCC(=O)NC[C@@H]3COc4ccccc4O3)cc2s1. The Balaban J connectivity index is 1.26. The number of ether oxygens (including phenoxy) is 2. The molecule has 7 heteroatoms. The summed E-state index contributed by atoms with van der Waals surface area (Å²) >= 11 is 1.64. The van der Waals surface area contributed by atoms with Crippen molar-refractivity contribution in [1.29, 1.82) is 0 Å². The van der Waals surface area contributed by atoms with Gasteiger partial charge in [0.15, 0.2) is 11.5 Å². The molecule has 1 aromatic heterocycles. The number of aromatic nitrogens is 1. The van der Waals surface area contributed by atoms with Gasteiger partial charge in [-0.2, -0.15) is 0 Å². The molecule has 0 radical (unpaired) electrons. The summed E-state index contributed by atoms with van der Waals surface area (Å²) in [6.45, 7) is 3.02. The summed E-state index contributed by atoms with van der Waals surface area (Å²) in [5.41, 5.74) is 1.89. The molecule has 0 saturated carbocycles. The first-order valence-electron chi connectivity index (χ1n) is 8.43. The predicted octanol–water partition coefficient (Wildman–Crippen LogP) is 2.97. The van der Waals surface area contributed by atoms with E-state index in [1.54, 1.807) is 11.3 Å². The average molecular weight is 369 g/mol. The molecule has 0 bridgehead atoms. The van der Waals surface area contributed by atoms with E-state index in [0.717, 1.165) is 26.7 Å². The third kappa shape index (κ3) is 3.72. The van der Waals surface area contributed by atoms with Gasteiger partial charge in [0.1, 0.15) is 12.7 Å². The Morgan fingerprint density at radius 3 is 3.00 bits per heavy atom. The van der Waals surface area contributed by atoms with Crippen LogP contribution in [0.25, 0.3) is 10.2 Å². The molecule has 2 aromatic carbocycles. The first-order valence-corrected chi connectivity index (χ1v) is 9.25. The normalized spacial score (nSPS) is 15.7. The van der Waals surface area contributed by atoms with Crippen LogP contribution in [0.15, 0.2) is 42.5 Å². The Morgan fingerprint density at radius 1 is 1.27 bits per heavy atom. The molecular formula is C19H19N3O3S. The first kappa shape index (κ1) is 16.7. The summed E-state index contributed by atoms with van der Waals surface area (Å²) in [6, 6.07) is 13.4. The van der Waals surface area contributed by atoms with Crippen LogP contribution in [0, 0.1) is 6.92 Å². The van der Waals surface area contributed by atoms with Crippen molar-refractivity contribution in [2.24, 2.45) is 0 Å². The van der Waals surface area contributed by atoms with E-state index in [-0.39, 0.29) is 18.6 Å². The number of carbonyl (C=O) groups excluding carboxylic acids is 1. The molecule has 0 saturated heterocycles. The first-order chi connectivity index (χ1) is 12.7. The highest BCUT2D eigenvalue weighted by Crippen LogP contribution is 2.30. The lowest BCUT2D eigenvalue weighted by Gasteiger charge is -2.26. The Bertz CT molecular complexity index is 941. The fourth-order valence-corrected chi connectivity index (χ4v) is 3.65. The van der Waals surface area contributed by atoms with Crippen molar-refractivity contribution in [1.82, 2.24) is 10.3 Å². The van der Waals surface area contributed by atoms with Gasteiger partial charge in [0.05, 0.1) is 28.3 Å². The quantitative estimate of drug-likeness (QED) is 0.723. The maximum Gasteiger partial charge on any atom is 0.239 e. The van der Waals surface area contributed by atoms with Crippen LogP contribution >= 0.6 is 11.3 Å². The molecule has 0 unspecified atom stereocenters. The molecule has 6 nitrogen and oxygen atoms in total. The van der Waals surface area contributed by atoms with Gasteiger partial charge in [-0.3, -0.25) is 4.79 Å². The van der Waals surface area contributed by atoms with Gasteiger partial charge in [-0.05, 0) is 37.3 Å². The molecule has 26 heavy (non-hydrogen) atoms. The maximum atomic E-state index is 12.1. The monoisotopic (exact) mass is 369 g/mol. The highest BCUT2D eigenvalue weighted by atomic mass is 32.1. The highest BCUT2D eigenvalue weighted by molar-refractivity contribution is 7.18. The molecule has 1 aliphatic heterocycles. The number of carbonyl (C=O) groups is 1. The van der Waals surface area contributed by atoms with E-state index in [4.69, 9.17) is 9.47 Å². The topological polar surface area (TPSA) is 72.5 Å². The van der Waals surface area contributed by atoms with Crippen LogP contribution in [0.5, 0.6) is 11.5 Å². The maximum absolute atomic E-state index is 12.1. The van der Waals surface area contributed by atoms with E-state index in [1.165, 1.54) is 0 Å². The van der Waals surface area contributed by atoms with E-state index in [0.29, 0.717) is 18.9 Å². The molecule has 1 atom stereocenters. The van der Waals surface area contributed by atoms with E-state index in [2.05, 4.69) is 15.6 Å². The number of amides is 1. The molecule has 1 aliphatic rings. The van der Waals surface area contributed by atoms with Crippen molar-refractivity contribution in [3.05, 3.63) is 47.5 Å². The van der Waals surface area contributed by atoms with Gasteiger partial charge in [0.2, 0.25) is 5.91 Å². The second kappa shape index (κ2) is 7.21. The third-order valence-electron chi connectivity index (χ3n) is 4.04. The van der Waals surface area contributed by atoms with Crippen molar-refractivity contribution in [2.45, 2.75) is 13.0 Å². The number of fused-ring (bicyclic) bond motifs is 2. The smallest absolute Gasteiger partial charge is 0.239 e. The number of hydrogen-bond acceptors (Lipinski definition) is 6. The Hall–Kier alpha value is -2.80. The van der Waals surface area contributed by atoms with Crippen molar-refractivity contribution >= 4 is 33.1 Å². The molecule has 134 valence electrons. The van der Waals surface area contributed by atoms with Crippen LogP contribution in [0.1, 0.15) is 5.01 Å². The van der Waals surface area contributed by atoms with Gasteiger partial charge >= 0.3 is 0 Å². The van der Waals surface area contributed by atoms with Crippen molar-refractivity contribution in [3.8, 4) is 11.5 Å². The van der Waals surface area contributed by atoms with Gasteiger partial charge < -0.3 is 20.1 Å². The lowest BCUT2D eigenvalue weighted by atomic mass is 10.2. The number of nitrogens with one attached hydrogen (secondary N) is 2. The molecule has 0 aliphatic carbocycles. The van der Waals surface area contributed by atoms with Crippen LogP contribution in [-0.2, 0) is 4.79 Å². The molecular weight excluding hydrogens is 350 g/mol. The second-order valence-electron chi connectivity index (χ2n) is 6.07. The van der Waals surface area contributed by atoms with E-state index < -0.39 is 0 Å². The van der Waals surface area contributed by atoms with Crippen molar-refractivity contribution < 1.29 is 14.3 Å². The summed E-state index contributed by atoms with van der Waals surface area (Å²) in [7, 11) is 0. The number of nitrogens with zero attached hydrogens (tertiary/aromatic N) is 1. The largest absolute Gasteiger partial charge is 0.486 e. The predicted molar refractivity (Wildman–Crippen MR) is 102 cm³/mol. The summed E-state index contributed by atoms with van der Waals surface area (Å²) in [4.78, 5) is 16.5. The van der Waals surface area contributed by atoms with Crippen LogP contribution < -0.4 is 20.1 Å². The zero-order valence-electron chi connectivity index (χ0n) is 14.3. The Labute approximate surface area is 155 Å². The third-order valence-corrected chi connectivity index (χ3v) is 4.98. The minimum Gasteiger partial charge on any atom is -0.486 e. The van der Waals surface area contributed by atoms with E-state index >= 15 is 0 Å². The summed E-state index contributed by atoms with van der Waals surface area (Å²) in [6.07, 6.45) is -0.189. The standard InChI is InChI=1S/C19H19N3O3S/c1-12-22-15-7-6-13(8-18(15)26-12)20-10-19(23)21-9-14-11-24-16-4-2-3-5-17(16)25-14/h2-8,14,20H,9-11H2,1H3,(H,21,23)/t14-/m1/s1. The summed E-state index contributed by atoms with van der Waals surface area (Å²) in [5, 5.41) is 7.06. The fourth-order valence-electron chi connectivity index (χ4n) is 2.79. The van der Waals surface area contributed by atoms with Crippen molar-refractivity contribution in [2.75, 3.05) is 25.0 Å². The van der Waals surface area contributed by atoms with Crippen LogP contribution in [0.4, 0.5) is 5.69 Å². The number of para-hydroxylation sites is 2. The zero-order valence-corrected chi connectivity index (χ0v) is 15.1. The molecule has 2 heterocycles. The number of anilines is 1. The fraction of sp³-hybridized carbons (Fsp3) is 0.263. The zero-order chi connectivity index (χ0) is 17.9. The van der Waals surface area contributed by atoms with Gasteiger partial charge in [-0.1, -0.05) is 12.1 Å². The van der Waals surface area contributed by atoms with Crippen LogP contribution in [0.3, 0.4) is 0 Å². The number of hydrogen-bond donors (Lipinski definition) is 2. The molecule has 1 amide bonds. The average Bonchev–Trinajstić information content (AvgIpc) is 3.03. The van der Waals surface area contributed by atoms with Crippen LogP contribution in [-0.4, -0.2) is 36.7 Å². The lowest BCUT2D eigenvalue weighted by molar-refractivity contribution is -0.119. The minimum absolute atomic E-state index is 0.0898. The van der Waals surface area contributed by atoms with Gasteiger partial charge in [-0.15, -0.1) is 11.3 Å². The lowest BCUT2D eigenvalue weighted by Crippen LogP contribution is -2.42. The second-order valence-corrected chi connectivity index (χ2v) is 7.31. The number of rotatable bonds is 5.